The quantitative estimate of drug-likeness (QED) is 0.384. The maximum absolute atomic E-state index is 12.5. The number of nitrogens with zero attached hydrogens (tertiary/aromatic N) is 1. The summed E-state index contributed by atoms with van der Waals surface area (Å²) in [7, 11) is 0. The van der Waals surface area contributed by atoms with Crippen LogP contribution in [-0.2, 0) is 20.7 Å². The Kier molecular flexibility index (Phi) is 8.44. The Labute approximate surface area is 149 Å². The molecule has 1 heterocycles. The Hall–Kier alpha value is -1.90. The minimum Gasteiger partial charge on any atom is -0.426 e. The highest BCUT2D eigenvalue weighted by molar-refractivity contribution is 5.76. The van der Waals surface area contributed by atoms with Crippen molar-refractivity contribution >= 4 is 5.97 Å². The van der Waals surface area contributed by atoms with Crippen molar-refractivity contribution in [3.05, 3.63) is 29.8 Å². The molecule has 0 aliphatic carbocycles. The number of aryl methyl sites for hydroxylation is 1. The number of nitriles is 1. The predicted octanol–water partition coefficient (Wildman–Crippen LogP) is 4.01. The van der Waals surface area contributed by atoms with Crippen LogP contribution in [0, 0.1) is 17.2 Å². The van der Waals surface area contributed by atoms with Gasteiger partial charge in [0.2, 0.25) is 0 Å². The fraction of sp³-hybridized carbons (Fsp3) is 0.600. The van der Waals surface area contributed by atoms with Crippen LogP contribution in [0.4, 0.5) is 0 Å². The van der Waals surface area contributed by atoms with E-state index in [1.807, 2.05) is 12.1 Å². The maximum atomic E-state index is 12.5. The molecular formula is C20H27NO4. The first kappa shape index (κ1) is 19.4. The van der Waals surface area contributed by atoms with E-state index in [1.54, 1.807) is 12.1 Å². The Morgan fingerprint density at radius 3 is 2.80 bits per heavy atom. The van der Waals surface area contributed by atoms with Crippen molar-refractivity contribution in [3.63, 3.8) is 0 Å². The molecule has 2 atom stereocenters. The summed E-state index contributed by atoms with van der Waals surface area (Å²) in [5.74, 6) is -0.167. The van der Waals surface area contributed by atoms with Crippen LogP contribution < -0.4 is 4.74 Å². The van der Waals surface area contributed by atoms with E-state index in [-0.39, 0.29) is 24.8 Å². The van der Waals surface area contributed by atoms with E-state index in [1.165, 1.54) is 12.8 Å². The van der Waals surface area contributed by atoms with Crippen LogP contribution in [0.2, 0.25) is 0 Å². The summed E-state index contributed by atoms with van der Waals surface area (Å²) in [5, 5.41) is 8.62. The molecule has 0 saturated carbocycles. The van der Waals surface area contributed by atoms with Crippen LogP contribution in [0.3, 0.4) is 0 Å². The van der Waals surface area contributed by atoms with Gasteiger partial charge in [0.05, 0.1) is 18.8 Å². The Morgan fingerprint density at radius 1 is 1.28 bits per heavy atom. The van der Waals surface area contributed by atoms with Gasteiger partial charge in [-0.1, -0.05) is 44.7 Å². The summed E-state index contributed by atoms with van der Waals surface area (Å²) in [6.07, 6.45) is 6.51. The molecule has 5 heteroatoms. The predicted molar refractivity (Wildman–Crippen MR) is 94.0 cm³/mol. The fourth-order valence-corrected chi connectivity index (χ4v) is 2.93. The van der Waals surface area contributed by atoms with Gasteiger partial charge in [0.15, 0.2) is 0 Å². The lowest BCUT2D eigenvalue weighted by Gasteiger charge is -2.30. The number of hydrogen-bond donors (Lipinski definition) is 0. The average Bonchev–Trinajstić information content (AvgIpc) is 2.65. The third-order valence-electron chi connectivity index (χ3n) is 4.42. The number of benzene rings is 1. The molecule has 0 N–H and O–H groups in total. The number of unbranched alkanes of at least 4 members (excludes halogenated alkanes) is 3. The second-order valence-electron chi connectivity index (χ2n) is 6.37. The van der Waals surface area contributed by atoms with Gasteiger partial charge in [-0.3, -0.25) is 4.79 Å². The van der Waals surface area contributed by atoms with Gasteiger partial charge in [0.1, 0.15) is 18.5 Å². The smallest absolute Gasteiger partial charge is 0.319 e. The van der Waals surface area contributed by atoms with Crippen LogP contribution in [0.15, 0.2) is 24.3 Å². The number of hydrogen-bond acceptors (Lipinski definition) is 5. The zero-order valence-electron chi connectivity index (χ0n) is 14.9. The van der Waals surface area contributed by atoms with Gasteiger partial charge in [0, 0.05) is 6.42 Å². The van der Waals surface area contributed by atoms with E-state index >= 15 is 0 Å². The summed E-state index contributed by atoms with van der Waals surface area (Å²) >= 11 is 0. The normalized spacial score (nSPS) is 20.0. The molecule has 136 valence electrons. The lowest BCUT2D eigenvalue weighted by molar-refractivity contribution is -0.187. The molecule has 2 rings (SSSR count). The molecule has 1 aliphatic rings. The van der Waals surface area contributed by atoms with Crippen molar-refractivity contribution in [1.82, 2.24) is 0 Å². The molecule has 1 aromatic rings. The first-order chi connectivity index (χ1) is 12.2. The highest BCUT2D eigenvalue weighted by atomic mass is 16.7. The molecule has 1 aliphatic heterocycles. The highest BCUT2D eigenvalue weighted by Gasteiger charge is 2.33. The van der Waals surface area contributed by atoms with Crippen LogP contribution in [0.5, 0.6) is 5.75 Å². The zero-order valence-corrected chi connectivity index (χ0v) is 14.9. The standard InChI is InChI=1S/C20H27NO4/c1-2-3-4-5-8-19-18(14-23-15-24-19)20(22)25-17-11-9-16(10-12-17)7-6-13-21/h9-12,18-19H,2-8,14-15H2,1H3/t18-,19+/m0/s1. The Bertz CT molecular complexity index is 564. The van der Waals surface area contributed by atoms with Gasteiger partial charge in [-0.2, -0.15) is 5.26 Å². The summed E-state index contributed by atoms with van der Waals surface area (Å²) in [4.78, 5) is 12.5. The van der Waals surface area contributed by atoms with E-state index in [0.29, 0.717) is 25.2 Å². The first-order valence-electron chi connectivity index (χ1n) is 9.11. The van der Waals surface area contributed by atoms with Gasteiger partial charge in [-0.15, -0.1) is 0 Å². The number of ether oxygens (including phenoxy) is 3. The Morgan fingerprint density at radius 2 is 2.08 bits per heavy atom. The third-order valence-corrected chi connectivity index (χ3v) is 4.42. The van der Waals surface area contributed by atoms with Crippen molar-refractivity contribution in [2.24, 2.45) is 5.92 Å². The largest absolute Gasteiger partial charge is 0.426 e. The molecule has 5 nitrogen and oxygen atoms in total. The van der Waals surface area contributed by atoms with Gasteiger partial charge in [0.25, 0.3) is 0 Å². The van der Waals surface area contributed by atoms with Crippen LogP contribution in [0.1, 0.15) is 51.0 Å². The van der Waals surface area contributed by atoms with Crippen LogP contribution in [-0.4, -0.2) is 25.5 Å². The number of carbonyl (C=O) groups excluding carboxylic acids is 1. The molecule has 25 heavy (non-hydrogen) atoms. The molecule has 0 amide bonds. The molecule has 0 spiro atoms. The van der Waals surface area contributed by atoms with Gasteiger partial charge in [-0.25, -0.2) is 0 Å². The van der Waals surface area contributed by atoms with E-state index in [9.17, 15) is 4.79 Å². The summed E-state index contributed by atoms with van der Waals surface area (Å²) < 4.78 is 16.5. The van der Waals surface area contributed by atoms with Crippen molar-refractivity contribution in [2.45, 2.75) is 58.0 Å². The van der Waals surface area contributed by atoms with E-state index in [0.717, 1.165) is 24.8 Å². The molecule has 0 unspecified atom stereocenters. The summed E-state index contributed by atoms with van der Waals surface area (Å²) in [5.41, 5.74) is 1.06. The summed E-state index contributed by atoms with van der Waals surface area (Å²) in [6.45, 7) is 2.77. The Balaban J connectivity index is 1.87. The second-order valence-corrected chi connectivity index (χ2v) is 6.37. The van der Waals surface area contributed by atoms with Gasteiger partial charge >= 0.3 is 5.97 Å². The van der Waals surface area contributed by atoms with E-state index in [4.69, 9.17) is 19.5 Å². The van der Waals surface area contributed by atoms with Crippen molar-refractivity contribution in [3.8, 4) is 11.8 Å². The highest BCUT2D eigenvalue weighted by Crippen LogP contribution is 2.23. The molecule has 1 saturated heterocycles. The van der Waals surface area contributed by atoms with Crippen molar-refractivity contribution in [2.75, 3.05) is 13.4 Å². The molecule has 0 bridgehead atoms. The fourth-order valence-electron chi connectivity index (χ4n) is 2.93. The maximum Gasteiger partial charge on any atom is 0.319 e. The van der Waals surface area contributed by atoms with Crippen LogP contribution >= 0.6 is 0 Å². The minimum atomic E-state index is -0.381. The molecular weight excluding hydrogens is 318 g/mol. The third kappa shape index (κ3) is 6.49. The monoisotopic (exact) mass is 345 g/mol. The van der Waals surface area contributed by atoms with Crippen LogP contribution in [0.25, 0.3) is 0 Å². The molecule has 0 radical (unpaired) electrons. The zero-order chi connectivity index (χ0) is 17.9. The lowest BCUT2D eigenvalue weighted by Crippen LogP contribution is -2.41. The van der Waals surface area contributed by atoms with Gasteiger partial charge in [-0.05, 0) is 30.5 Å². The molecule has 1 fully saturated rings. The van der Waals surface area contributed by atoms with Gasteiger partial charge < -0.3 is 14.2 Å². The first-order valence-corrected chi connectivity index (χ1v) is 9.11. The minimum absolute atomic E-state index is 0.131. The average molecular weight is 345 g/mol. The van der Waals surface area contributed by atoms with Crippen molar-refractivity contribution < 1.29 is 19.0 Å². The topological polar surface area (TPSA) is 68.6 Å². The SMILES string of the molecule is CCCCCC[C@H]1OCOC[C@@H]1C(=O)Oc1ccc(CCC#N)cc1. The number of carbonyl (C=O) groups is 1. The second kappa shape index (κ2) is 10.9. The van der Waals surface area contributed by atoms with E-state index < -0.39 is 0 Å². The molecule has 1 aromatic carbocycles. The molecule has 0 aromatic heterocycles. The van der Waals surface area contributed by atoms with Crippen molar-refractivity contribution in [1.29, 1.82) is 5.26 Å². The lowest BCUT2D eigenvalue weighted by atomic mass is 9.97. The van der Waals surface area contributed by atoms with E-state index in [2.05, 4.69) is 13.0 Å². The number of rotatable bonds is 9. The summed E-state index contributed by atoms with van der Waals surface area (Å²) in [6, 6.07) is 9.43. The number of esters is 1.